The summed E-state index contributed by atoms with van der Waals surface area (Å²) in [6.07, 6.45) is 5.25. The van der Waals surface area contributed by atoms with E-state index in [0.29, 0.717) is 11.0 Å². The van der Waals surface area contributed by atoms with Gasteiger partial charge in [-0.05, 0) is 52.9 Å². The van der Waals surface area contributed by atoms with E-state index in [1.54, 1.807) is 12.1 Å². The van der Waals surface area contributed by atoms with Crippen LogP contribution in [0.4, 0.5) is 4.39 Å². The molecule has 0 bridgehead atoms. The van der Waals surface area contributed by atoms with Crippen molar-refractivity contribution in [1.29, 1.82) is 0 Å². The van der Waals surface area contributed by atoms with Crippen LogP contribution in [-0.4, -0.2) is 24.5 Å². The molecule has 0 saturated carbocycles. The topological polar surface area (TPSA) is 29.1 Å². The van der Waals surface area contributed by atoms with Crippen molar-refractivity contribution in [3.63, 3.8) is 0 Å². The van der Waals surface area contributed by atoms with Gasteiger partial charge in [0.15, 0.2) is 0 Å². The van der Waals surface area contributed by atoms with E-state index in [2.05, 4.69) is 27.5 Å². The van der Waals surface area contributed by atoms with Gasteiger partial charge < -0.3 is 5.32 Å². The minimum absolute atomic E-state index is 0.0912. The fraction of sp³-hybridized carbons (Fsp3) is 0.462. The molecule has 1 aromatic carbocycles. The van der Waals surface area contributed by atoms with E-state index in [-0.39, 0.29) is 11.5 Å². The maximum Gasteiger partial charge on any atom is 0.254 e. The molecule has 0 unspecified atom stereocenters. The third-order valence-corrected chi connectivity index (χ3v) is 3.82. The number of unbranched alkanes of at least 4 members (excludes halogenated alkanes) is 2. The van der Waals surface area contributed by atoms with Crippen molar-refractivity contribution in [1.82, 2.24) is 5.32 Å². The number of carbonyl (C=O) groups is 1. The molecule has 0 heterocycles. The number of benzene rings is 1. The van der Waals surface area contributed by atoms with E-state index in [9.17, 15) is 9.18 Å². The minimum Gasteiger partial charge on any atom is -0.352 e. The summed E-state index contributed by atoms with van der Waals surface area (Å²) in [7, 11) is 0. The fourth-order valence-corrected chi connectivity index (χ4v) is 2.38. The Morgan fingerprint density at radius 1 is 1.39 bits per heavy atom. The highest BCUT2D eigenvalue weighted by Gasteiger charge is 2.12. The predicted molar refractivity (Wildman–Crippen MR) is 78.7 cm³/mol. The molecule has 18 heavy (non-hydrogen) atoms. The summed E-state index contributed by atoms with van der Waals surface area (Å²) >= 11 is 4.89. The second-order valence-electron chi connectivity index (χ2n) is 3.91. The Hall–Kier alpha value is -0.550. The molecule has 0 aliphatic heterocycles. The quantitative estimate of drug-likeness (QED) is 0.768. The Morgan fingerprint density at radius 3 is 2.89 bits per heavy atom. The van der Waals surface area contributed by atoms with Crippen molar-refractivity contribution < 1.29 is 9.18 Å². The molecule has 0 aliphatic rings. The van der Waals surface area contributed by atoms with Crippen LogP contribution < -0.4 is 5.32 Å². The van der Waals surface area contributed by atoms with Crippen molar-refractivity contribution in [2.75, 3.05) is 18.6 Å². The van der Waals surface area contributed by atoms with E-state index in [1.807, 2.05) is 11.8 Å². The van der Waals surface area contributed by atoms with Crippen LogP contribution in [0.2, 0.25) is 0 Å². The van der Waals surface area contributed by atoms with Crippen molar-refractivity contribution in [2.24, 2.45) is 0 Å². The first-order chi connectivity index (χ1) is 8.66. The van der Waals surface area contributed by atoms with Gasteiger partial charge in [0.25, 0.3) is 5.91 Å². The van der Waals surface area contributed by atoms with Crippen LogP contribution in [0.25, 0.3) is 0 Å². The van der Waals surface area contributed by atoms with E-state index in [1.165, 1.54) is 6.07 Å². The van der Waals surface area contributed by atoms with Crippen LogP contribution in [0.15, 0.2) is 22.7 Å². The summed E-state index contributed by atoms with van der Waals surface area (Å²) < 4.78 is 13.9. The van der Waals surface area contributed by atoms with Crippen LogP contribution >= 0.6 is 27.7 Å². The van der Waals surface area contributed by atoms with Gasteiger partial charge in [0.2, 0.25) is 0 Å². The highest BCUT2D eigenvalue weighted by molar-refractivity contribution is 9.10. The van der Waals surface area contributed by atoms with Gasteiger partial charge in [-0.2, -0.15) is 11.8 Å². The van der Waals surface area contributed by atoms with Gasteiger partial charge in [0, 0.05) is 6.54 Å². The molecule has 1 rings (SSSR count). The number of amides is 1. The lowest BCUT2D eigenvalue weighted by Gasteiger charge is -2.06. The molecule has 1 aromatic rings. The molecule has 2 nitrogen and oxygen atoms in total. The van der Waals surface area contributed by atoms with E-state index in [0.717, 1.165) is 25.0 Å². The minimum atomic E-state index is -0.502. The number of rotatable bonds is 7. The molecular weight excluding hydrogens is 317 g/mol. The van der Waals surface area contributed by atoms with Crippen LogP contribution in [0.1, 0.15) is 29.6 Å². The Balaban J connectivity index is 2.35. The summed E-state index contributed by atoms with van der Waals surface area (Å²) in [5.74, 6) is 0.296. The zero-order valence-electron chi connectivity index (χ0n) is 10.3. The number of halogens is 2. The summed E-state index contributed by atoms with van der Waals surface area (Å²) in [6.45, 7) is 0.596. The van der Waals surface area contributed by atoms with Gasteiger partial charge in [0.05, 0.1) is 10.0 Å². The van der Waals surface area contributed by atoms with Crippen LogP contribution in [0.5, 0.6) is 0 Å². The van der Waals surface area contributed by atoms with Crippen molar-refractivity contribution in [3.05, 3.63) is 34.1 Å². The highest BCUT2D eigenvalue weighted by atomic mass is 79.9. The first-order valence-corrected chi connectivity index (χ1v) is 8.06. The maximum atomic E-state index is 13.6. The van der Waals surface area contributed by atoms with Crippen LogP contribution in [0.3, 0.4) is 0 Å². The van der Waals surface area contributed by atoms with E-state index in [4.69, 9.17) is 0 Å². The summed E-state index contributed by atoms with van der Waals surface area (Å²) in [6, 6.07) is 4.72. The average molecular weight is 334 g/mol. The molecule has 0 spiro atoms. The summed E-state index contributed by atoms with van der Waals surface area (Å²) in [4.78, 5) is 11.7. The second-order valence-corrected chi connectivity index (χ2v) is 5.75. The molecule has 0 saturated heterocycles. The number of thioether (sulfide) groups is 1. The smallest absolute Gasteiger partial charge is 0.254 e. The number of hydrogen-bond acceptors (Lipinski definition) is 2. The molecule has 0 fully saturated rings. The zero-order valence-corrected chi connectivity index (χ0v) is 12.7. The summed E-state index contributed by atoms with van der Waals surface area (Å²) in [5, 5.41) is 2.74. The zero-order chi connectivity index (χ0) is 13.4. The average Bonchev–Trinajstić information content (AvgIpc) is 2.36. The normalized spacial score (nSPS) is 10.4. The van der Waals surface area contributed by atoms with Crippen molar-refractivity contribution >= 4 is 33.6 Å². The largest absolute Gasteiger partial charge is 0.352 e. The van der Waals surface area contributed by atoms with Crippen LogP contribution in [0, 0.1) is 5.82 Å². The van der Waals surface area contributed by atoms with E-state index < -0.39 is 5.82 Å². The summed E-state index contributed by atoms with van der Waals surface area (Å²) in [5.41, 5.74) is 0.0912. The second kappa shape index (κ2) is 8.53. The Kier molecular flexibility index (Phi) is 7.35. The molecule has 0 radical (unpaired) electrons. The molecule has 1 amide bonds. The van der Waals surface area contributed by atoms with Gasteiger partial charge in [-0.1, -0.05) is 12.5 Å². The van der Waals surface area contributed by atoms with Gasteiger partial charge >= 0.3 is 0 Å². The molecule has 1 N–H and O–H groups in total. The Labute approximate surface area is 120 Å². The Bertz CT molecular complexity index is 401. The van der Waals surface area contributed by atoms with Crippen molar-refractivity contribution in [3.8, 4) is 0 Å². The SMILES string of the molecule is CSCCCCCNC(=O)c1cccc(Br)c1F. The first kappa shape index (κ1) is 15.5. The third-order valence-electron chi connectivity index (χ3n) is 2.51. The molecule has 0 atom stereocenters. The number of carbonyl (C=O) groups excluding carboxylic acids is 1. The highest BCUT2D eigenvalue weighted by Crippen LogP contribution is 2.18. The van der Waals surface area contributed by atoms with Crippen LogP contribution in [-0.2, 0) is 0 Å². The number of hydrogen-bond donors (Lipinski definition) is 1. The number of nitrogens with one attached hydrogen (secondary N) is 1. The van der Waals surface area contributed by atoms with Gasteiger partial charge in [-0.25, -0.2) is 4.39 Å². The van der Waals surface area contributed by atoms with Gasteiger partial charge in [0.1, 0.15) is 5.82 Å². The maximum absolute atomic E-state index is 13.6. The van der Waals surface area contributed by atoms with Gasteiger partial charge in [-0.15, -0.1) is 0 Å². The molecular formula is C13H17BrFNOS. The first-order valence-electron chi connectivity index (χ1n) is 5.88. The molecule has 5 heteroatoms. The molecule has 0 aliphatic carbocycles. The molecule has 0 aromatic heterocycles. The fourth-order valence-electron chi connectivity index (χ4n) is 1.52. The lowest BCUT2D eigenvalue weighted by molar-refractivity contribution is 0.0949. The van der Waals surface area contributed by atoms with Gasteiger partial charge in [-0.3, -0.25) is 4.79 Å². The predicted octanol–water partition coefficient (Wildman–Crippen LogP) is 3.85. The van der Waals surface area contributed by atoms with Crippen molar-refractivity contribution in [2.45, 2.75) is 19.3 Å². The van der Waals surface area contributed by atoms with E-state index >= 15 is 0 Å². The Morgan fingerprint density at radius 2 is 2.17 bits per heavy atom. The lowest BCUT2D eigenvalue weighted by atomic mass is 10.2. The lowest BCUT2D eigenvalue weighted by Crippen LogP contribution is -2.25. The standard InChI is InChI=1S/C13H17BrFNOS/c1-18-9-4-2-3-8-16-13(17)10-6-5-7-11(14)12(10)15/h5-7H,2-4,8-9H2,1H3,(H,16,17). The third kappa shape index (κ3) is 4.98. The monoisotopic (exact) mass is 333 g/mol. The molecule has 100 valence electrons.